The number of amides is 1. The molecule has 6 nitrogen and oxygen atoms in total. The zero-order chi connectivity index (χ0) is 12.4. The molecule has 2 rings (SSSR count). The molecular weight excluding hydrogens is 218 g/mol. The van der Waals surface area contributed by atoms with Crippen molar-refractivity contribution in [3.8, 4) is 0 Å². The van der Waals surface area contributed by atoms with Crippen LogP contribution in [0.25, 0.3) is 0 Å². The van der Waals surface area contributed by atoms with Gasteiger partial charge in [-0.3, -0.25) is 4.79 Å². The number of carbonyl (C=O) groups is 1. The Kier molecular flexibility index (Phi) is 2.78. The Hall–Kier alpha value is -2.37. The number of rotatable bonds is 2. The van der Waals surface area contributed by atoms with Gasteiger partial charge in [-0.2, -0.15) is 0 Å². The molecule has 2 aromatic heterocycles. The molecule has 0 bridgehead atoms. The van der Waals surface area contributed by atoms with Gasteiger partial charge in [0.15, 0.2) is 0 Å². The SMILES string of the molecule is Cc1cc(NC(=O)c2cncn2C)ncc1N. The van der Waals surface area contributed by atoms with E-state index >= 15 is 0 Å². The summed E-state index contributed by atoms with van der Waals surface area (Å²) in [6.45, 7) is 1.86. The van der Waals surface area contributed by atoms with Crippen molar-refractivity contribution in [2.45, 2.75) is 6.92 Å². The summed E-state index contributed by atoms with van der Waals surface area (Å²) in [4.78, 5) is 19.8. The number of aryl methyl sites for hydroxylation is 2. The smallest absolute Gasteiger partial charge is 0.275 e. The van der Waals surface area contributed by atoms with Crippen molar-refractivity contribution in [2.24, 2.45) is 7.05 Å². The highest BCUT2D eigenvalue weighted by Crippen LogP contribution is 2.13. The number of hydrogen-bond donors (Lipinski definition) is 2. The number of hydrogen-bond acceptors (Lipinski definition) is 4. The Morgan fingerprint density at radius 3 is 2.82 bits per heavy atom. The average molecular weight is 231 g/mol. The molecular formula is C11H13N5O. The number of carbonyl (C=O) groups excluding carboxylic acids is 1. The minimum atomic E-state index is -0.248. The van der Waals surface area contributed by atoms with E-state index < -0.39 is 0 Å². The van der Waals surface area contributed by atoms with Crippen LogP contribution in [0.3, 0.4) is 0 Å². The summed E-state index contributed by atoms with van der Waals surface area (Å²) in [6.07, 6.45) is 4.59. The van der Waals surface area contributed by atoms with E-state index in [0.29, 0.717) is 17.2 Å². The van der Waals surface area contributed by atoms with Crippen LogP contribution in [-0.4, -0.2) is 20.4 Å². The maximum Gasteiger partial charge on any atom is 0.275 e. The van der Waals surface area contributed by atoms with Crippen LogP contribution in [0.5, 0.6) is 0 Å². The summed E-state index contributed by atoms with van der Waals surface area (Å²) in [5.74, 6) is 0.226. The fourth-order valence-electron chi connectivity index (χ4n) is 1.39. The summed E-state index contributed by atoms with van der Waals surface area (Å²) in [5.41, 5.74) is 7.60. The number of anilines is 2. The van der Waals surface area contributed by atoms with Gasteiger partial charge in [0, 0.05) is 7.05 Å². The van der Waals surface area contributed by atoms with E-state index in [1.807, 2.05) is 6.92 Å². The van der Waals surface area contributed by atoms with Gasteiger partial charge in [-0.05, 0) is 18.6 Å². The van der Waals surface area contributed by atoms with E-state index in [1.54, 1.807) is 24.0 Å². The predicted molar refractivity (Wildman–Crippen MR) is 64.5 cm³/mol. The van der Waals surface area contributed by atoms with Gasteiger partial charge in [0.25, 0.3) is 5.91 Å². The summed E-state index contributed by atoms with van der Waals surface area (Å²) < 4.78 is 1.64. The highest BCUT2D eigenvalue weighted by molar-refractivity contribution is 6.02. The molecule has 17 heavy (non-hydrogen) atoms. The second-order valence-electron chi connectivity index (χ2n) is 3.77. The van der Waals surface area contributed by atoms with Crippen LogP contribution in [0, 0.1) is 6.92 Å². The molecule has 6 heteroatoms. The molecule has 2 heterocycles. The molecule has 3 N–H and O–H groups in total. The third-order valence-corrected chi connectivity index (χ3v) is 2.44. The summed E-state index contributed by atoms with van der Waals surface area (Å²) >= 11 is 0. The number of nitrogen functional groups attached to an aromatic ring is 1. The molecule has 0 aliphatic rings. The van der Waals surface area contributed by atoms with Crippen molar-refractivity contribution in [3.05, 3.63) is 36.0 Å². The zero-order valence-electron chi connectivity index (χ0n) is 9.64. The topological polar surface area (TPSA) is 85.8 Å². The number of nitrogens with zero attached hydrogens (tertiary/aromatic N) is 3. The first-order chi connectivity index (χ1) is 8.08. The van der Waals surface area contributed by atoms with Crippen LogP contribution in [-0.2, 0) is 7.05 Å². The van der Waals surface area contributed by atoms with Crippen LogP contribution < -0.4 is 11.1 Å². The molecule has 0 unspecified atom stereocenters. The van der Waals surface area contributed by atoms with Crippen LogP contribution >= 0.6 is 0 Å². The molecule has 0 radical (unpaired) electrons. The highest BCUT2D eigenvalue weighted by atomic mass is 16.2. The van der Waals surface area contributed by atoms with Gasteiger partial charge in [0.05, 0.1) is 24.4 Å². The van der Waals surface area contributed by atoms with Crippen LogP contribution in [0.2, 0.25) is 0 Å². The van der Waals surface area contributed by atoms with Crippen molar-refractivity contribution >= 4 is 17.4 Å². The molecule has 0 aliphatic heterocycles. The van der Waals surface area contributed by atoms with Crippen LogP contribution in [0.15, 0.2) is 24.8 Å². The van der Waals surface area contributed by atoms with E-state index in [-0.39, 0.29) is 5.91 Å². The third-order valence-electron chi connectivity index (χ3n) is 2.44. The van der Waals surface area contributed by atoms with E-state index in [2.05, 4.69) is 15.3 Å². The van der Waals surface area contributed by atoms with Crippen molar-refractivity contribution in [3.63, 3.8) is 0 Å². The minimum Gasteiger partial charge on any atom is -0.397 e. The van der Waals surface area contributed by atoms with Crippen LogP contribution in [0.4, 0.5) is 11.5 Å². The van der Waals surface area contributed by atoms with Crippen molar-refractivity contribution in [2.75, 3.05) is 11.1 Å². The van der Waals surface area contributed by atoms with E-state index in [1.165, 1.54) is 12.4 Å². The Bertz CT molecular complexity index is 561. The Morgan fingerprint density at radius 2 is 2.24 bits per heavy atom. The van der Waals surface area contributed by atoms with Crippen LogP contribution in [0.1, 0.15) is 16.1 Å². The first-order valence-electron chi connectivity index (χ1n) is 5.07. The molecule has 0 saturated heterocycles. The van der Waals surface area contributed by atoms with Crippen molar-refractivity contribution < 1.29 is 4.79 Å². The van der Waals surface area contributed by atoms with Gasteiger partial charge >= 0.3 is 0 Å². The second-order valence-corrected chi connectivity index (χ2v) is 3.77. The maximum atomic E-state index is 11.8. The number of nitrogens with two attached hydrogens (primary N) is 1. The van der Waals surface area contributed by atoms with Gasteiger partial charge in [0.1, 0.15) is 11.5 Å². The lowest BCUT2D eigenvalue weighted by molar-refractivity contribution is 0.101. The second kappa shape index (κ2) is 4.25. The first-order valence-corrected chi connectivity index (χ1v) is 5.07. The molecule has 2 aromatic rings. The molecule has 0 aromatic carbocycles. The van der Waals surface area contributed by atoms with Crippen molar-refractivity contribution in [1.29, 1.82) is 0 Å². The molecule has 0 spiro atoms. The maximum absolute atomic E-state index is 11.8. The standard InChI is InChI=1S/C11H13N5O/c1-7-3-10(14-4-8(7)12)15-11(17)9-5-13-6-16(9)2/h3-6H,12H2,1-2H3,(H,14,15,17). The summed E-state index contributed by atoms with van der Waals surface area (Å²) in [6, 6.07) is 1.73. The highest BCUT2D eigenvalue weighted by Gasteiger charge is 2.10. The lowest BCUT2D eigenvalue weighted by atomic mass is 10.2. The van der Waals surface area contributed by atoms with Gasteiger partial charge in [-0.25, -0.2) is 9.97 Å². The molecule has 0 fully saturated rings. The van der Waals surface area contributed by atoms with Gasteiger partial charge in [-0.1, -0.05) is 0 Å². The number of pyridine rings is 1. The normalized spacial score (nSPS) is 10.2. The molecule has 88 valence electrons. The number of aromatic nitrogens is 3. The zero-order valence-corrected chi connectivity index (χ0v) is 9.64. The van der Waals surface area contributed by atoms with Gasteiger partial charge in [-0.15, -0.1) is 0 Å². The van der Waals surface area contributed by atoms with Gasteiger partial charge < -0.3 is 15.6 Å². The third kappa shape index (κ3) is 2.25. The fraction of sp³-hybridized carbons (Fsp3) is 0.182. The first kappa shape index (κ1) is 11.1. The Morgan fingerprint density at radius 1 is 1.47 bits per heavy atom. The Labute approximate surface area is 98.5 Å². The van der Waals surface area contributed by atoms with Crippen molar-refractivity contribution in [1.82, 2.24) is 14.5 Å². The quantitative estimate of drug-likeness (QED) is 0.806. The molecule has 0 atom stereocenters. The fourth-order valence-corrected chi connectivity index (χ4v) is 1.39. The lowest BCUT2D eigenvalue weighted by Crippen LogP contribution is -2.16. The lowest BCUT2D eigenvalue weighted by Gasteiger charge is -2.06. The van der Waals surface area contributed by atoms with Gasteiger partial charge in [0.2, 0.25) is 0 Å². The number of nitrogens with one attached hydrogen (secondary N) is 1. The number of imidazole rings is 1. The minimum absolute atomic E-state index is 0.248. The Balaban J connectivity index is 2.19. The summed E-state index contributed by atoms with van der Waals surface area (Å²) in [7, 11) is 1.75. The summed E-state index contributed by atoms with van der Waals surface area (Å²) in [5, 5.41) is 2.69. The average Bonchev–Trinajstić information content (AvgIpc) is 2.70. The van der Waals surface area contributed by atoms with E-state index in [0.717, 1.165) is 5.56 Å². The van der Waals surface area contributed by atoms with E-state index in [4.69, 9.17) is 5.73 Å². The molecule has 0 saturated carbocycles. The predicted octanol–water partition coefficient (Wildman–Crippen LogP) is 0.958. The molecule has 1 amide bonds. The monoisotopic (exact) mass is 231 g/mol. The van der Waals surface area contributed by atoms with E-state index in [9.17, 15) is 4.79 Å². The molecule has 0 aliphatic carbocycles. The largest absolute Gasteiger partial charge is 0.397 e.